The van der Waals surface area contributed by atoms with Gasteiger partial charge in [0.05, 0.1) is 35.2 Å². The molecule has 0 unspecified atom stereocenters. The van der Waals surface area contributed by atoms with Gasteiger partial charge in [-0.2, -0.15) is 5.10 Å². The largest absolute Gasteiger partial charge is 0.444 e. The first kappa shape index (κ1) is 43.3. The second-order valence-electron chi connectivity index (χ2n) is 17.5. The van der Waals surface area contributed by atoms with Gasteiger partial charge in [0.15, 0.2) is 17.2 Å². The molecule has 3 saturated carbocycles. The van der Waals surface area contributed by atoms with E-state index in [0.29, 0.717) is 37.5 Å². The zero-order valence-corrected chi connectivity index (χ0v) is 35.6. The lowest BCUT2D eigenvalue weighted by atomic mass is 9.86. The summed E-state index contributed by atoms with van der Waals surface area (Å²) in [7, 11) is 3.85. The number of pyridine rings is 1. The quantitative estimate of drug-likeness (QED) is 0.0645. The molecule has 5 aromatic rings. The van der Waals surface area contributed by atoms with Crippen LogP contribution in [0.4, 0.5) is 14.5 Å². The van der Waals surface area contributed by atoms with Crippen molar-refractivity contribution in [2.24, 2.45) is 18.9 Å². The summed E-state index contributed by atoms with van der Waals surface area (Å²) < 4.78 is 44.7. The summed E-state index contributed by atoms with van der Waals surface area (Å²) >= 11 is 0. The number of hydrogen-bond donors (Lipinski definition) is 1. The molecule has 0 radical (unpaired) electrons. The Hall–Kier alpha value is -5.35. The van der Waals surface area contributed by atoms with E-state index in [9.17, 15) is 28.0 Å². The number of ether oxygens (including phenoxy) is 1. The number of benzene rings is 1. The maximum absolute atomic E-state index is 14.1. The number of aryl methyl sites for hydroxylation is 3. The fourth-order valence-corrected chi connectivity index (χ4v) is 9.24. The minimum atomic E-state index is -2.86. The van der Waals surface area contributed by atoms with Gasteiger partial charge in [-0.25, -0.2) is 18.6 Å². The van der Waals surface area contributed by atoms with Gasteiger partial charge in [0.25, 0.3) is 12.3 Å². The average Bonchev–Trinajstić information content (AvgIpc) is 3.66. The standard InChI is InChI=1S/C46H56F2N8O6/c1-53(21-5-23-61-22-4-7-31-6-3-8-39-42(31)54(2)46(60)56(39)38-18-17-35(57)25-40(38)58)26-30-12-15-34(16-13-30)55-27-36(41(52-55)43(47)48)50-44(59)37-28-62-45(51-37)32-19-20-49-33(24-32)14-11-29-9-10-29/h3,6,8,19-20,24,27-30,34,38,43H,4-5,7,9-18,21-23,25-26H2,1-2H3,(H,50,59)/t30?,34?,38-/m0/s1. The number of aromatic nitrogens is 6. The van der Waals surface area contributed by atoms with Gasteiger partial charge in [0.2, 0.25) is 5.89 Å². The zero-order chi connectivity index (χ0) is 43.3. The molecule has 14 nitrogen and oxygen atoms in total. The van der Waals surface area contributed by atoms with Crippen LogP contribution in [0, 0.1) is 11.8 Å². The van der Waals surface area contributed by atoms with Crippen molar-refractivity contribution in [1.29, 1.82) is 0 Å². The molecule has 4 heterocycles. The fraction of sp³-hybridized carbons (Fsp3) is 0.543. The van der Waals surface area contributed by atoms with Crippen molar-refractivity contribution in [2.75, 3.05) is 38.7 Å². The lowest BCUT2D eigenvalue weighted by Gasteiger charge is -2.31. The van der Waals surface area contributed by atoms with Gasteiger partial charge >= 0.3 is 5.69 Å². The number of carbonyl (C=O) groups excluding carboxylic acids is 3. The molecule has 8 rings (SSSR count). The van der Waals surface area contributed by atoms with E-state index < -0.39 is 24.1 Å². The predicted molar refractivity (Wildman–Crippen MR) is 228 cm³/mol. The average molecular weight is 855 g/mol. The number of nitrogens with zero attached hydrogens (tertiary/aromatic N) is 7. The Morgan fingerprint density at radius 1 is 1.02 bits per heavy atom. The van der Waals surface area contributed by atoms with E-state index in [1.165, 1.54) is 25.3 Å². The molecule has 4 aromatic heterocycles. The monoisotopic (exact) mass is 854 g/mol. The first-order chi connectivity index (χ1) is 30.0. The number of imidazole rings is 1. The highest BCUT2D eigenvalue weighted by Gasteiger charge is 2.32. The minimum absolute atomic E-state index is 0.0106. The van der Waals surface area contributed by atoms with Crippen molar-refractivity contribution in [3.63, 3.8) is 0 Å². The van der Waals surface area contributed by atoms with Crippen molar-refractivity contribution in [3.8, 4) is 11.5 Å². The van der Waals surface area contributed by atoms with Crippen LogP contribution in [0.25, 0.3) is 22.5 Å². The summed E-state index contributed by atoms with van der Waals surface area (Å²) in [6.07, 6.45) is 12.5. The first-order valence-corrected chi connectivity index (χ1v) is 22.1. The van der Waals surface area contributed by atoms with E-state index in [1.54, 1.807) is 33.1 Å². The van der Waals surface area contributed by atoms with Gasteiger partial charge < -0.3 is 19.4 Å². The van der Waals surface area contributed by atoms with Crippen LogP contribution in [0.15, 0.2) is 58.2 Å². The molecule has 3 aliphatic rings. The molecule has 3 fully saturated rings. The number of amides is 1. The molecular weight excluding hydrogens is 799 g/mol. The van der Waals surface area contributed by atoms with E-state index in [2.05, 4.69) is 32.3 Å². The molecule has 0 aliphatic heterocycles. The second-order valence-corrected chi connectivity index (χ2v) is 17.5. The summed E-state index contributed by atoms with van der Waals surface area (Å²) in [4.78, 5) is 62.0. The third kappa shape index (κ3) is 10.1. The maximum atomic E-state index is 14.1. The SMILES string of the molecule is CN(CCCOCCCc1cccc2c1n(C)c(=O)n2[C@H]1CCC(=O)CC1=O)CC1CCC(n2cc(NC(=O)c3coc(-c4ccnc(CCC5CC5)c4)n3)c(C(F)F)n2)CC1. The fourth-order valence-electron chi connectivity index (χ4n) is 9.24. The predicted octanol–water partition coefficient (Wildman–Crippen LogP) is 7.68. The first-order valence-electron chi connectivity index (χ1n) is 22.1. The molecule has 330 valence electrons. The number of ketones is 2. The lowest BCUT2D eigenvalue weighted by Crippen LogP contribution is -2.34. The number of halogens is 2. The minimum Gasteiger partial charge on any atom is -0.444 e. The maximum Gasteiger partial charge on any atom is 0.329 e. The summed E-state index contributed by atoms with van der Waals surface area (Å²) in [6, 6.07) is 8.84. The summed E-state index contributed by atoms with van der Waals surface area (Å²) in [6.45, 7) is 3.04. The van der Waals surface area contributed by atoms with Gasteiger partial charge in [-0.05, 0) is 107 Å². The van der Waals surface area contributed by atoms with Crippen molar-refractivity contribution in [2.45, 2.75) is 108 Å². The van der Waals surface area contributed by atoms with Crippen LogP contribution in [0.2, 0.25) is 0 Å². The number of anilines is 1. The van der Waals surface area contributed by atoms with Crippen LogP contribution >= 0.6 is 0 Å². The molecule has 1 amide bonds. The number of fused-ring (bicyclic) bond motifs is 1. The lowest BCUT2D eigenvalue weighted by molar-refractivity contribution is -0.132. The molecule has 3 aliphatic carbocycles. The highest BCUT2D eigenvalue weighted by atomic mass is 19.3. The Labute approximate surface area is 359 Å². The third-order valence-corrected chi connectivity index (χ3v) is 12.8. The molecule has 62 heavy (non-hydrogen) atoms. The Bertz CT molecular complexity index is 2440. The molecule has 1 aromatic carbocycles. The number of oxazole rings is 1. The van der Waals surface area contributed by atoms with E-state index in [-0.39, 0.29) is 47.0 Å². The number of carbonyl (C=O) groups is 3. The molecule has 0 spiro atoms. The zero-order valence-electron chi connectivity index (χ0n) is 35.6. The number of nitrogens with one attached hydrogen (secondary N) is 1. The van der Waals surface area contributed by atoms with E-state index in [1.807, 2.05) is 24.3 Å². The van der Waals surface area contributed by atoms with Crippen LogP contribution in [0.5, 0.6) is 0 Å². The second kappa shape index (κ2) is 19.4. The number of alkyl halides is 2. The van der Waals surface area contributed by atoms with Crippen LogP contribution in [-0.4, -0.2) is 84.6 Å². The number of Topliss-reactive ketones (excluding diaryl/α,β-unsaturated/α-hetero) is 2. The summed E-state index contributed by atoms with van der Waals surface area (Å²) in [5.74, 6) is 0.617. The Balaban J connectivity index is 0.752. The van der Waals surface area contributed by atoms with Crippen molar-refractivity contribution < 1.29 is 32.3 Å². The van der Waals surface area contributed by atoms with Gasteiger partial charge in [0, 0.05) is 63.4 Å². The van der Waals surface area contributed by atoms with Crippen LogP contribution in [-0.2, 0) is 34.2 Å². The number of para-hydroxylation sites is 1. The normalized spacial score (nSPS) is 19.6. The summed E-state index contributed by atoms with van der Waals surface area (Å²) in [5, 5.41) is 6.84. The van der Waals surface area contributed by atoms with Crippen LogP contribution < -0.4 is 11.0 Å². The molecule has 1 atom stereocenters. The highest BCUT2D eigenvalue weighted by Crippen LogP contribution is 2.36. The number of hydrogen-bond acceptors (Lipinski definition) is 10. The van der Waals surface area contributed by atoms with Crippen molar-refractivity contribution >= 4 is 34.2 Å². The van der Waals surface area contributed by atoms with Gasteiger partial charge in [-0.1, -0.05) is 25.0 Å². The third-order valence-electron chi connectivity index (χ3n) is 12.8. The van der Waals surface area contributed by atoms with Crippen LogP contribution in [0.1, 0.15) is 123 Å². The molecule has 1 N–H and O–H groups in total. The van der Waals surface area contributed by atoms with Crippen molar-refractivity contribution in [1.82, 2.24) is 33.8 Å². The Morgan fingerprint density at radius 3 is 2.58 bits per heavy atom. The Morgan fingerprint density at radius 2 is 1.81 bits per heavy atom. The smallest absolute Gasteiger partial charge is 0.329 e. The molecule has 0 bridgehead atoms. The Kier molecular flexibility index (Phi) is 13.5. The van der Waals surface area contributed by atoms with Gasteiger partial charge in [-0.15, -0.1) is 0 Å². The molecular formula is C46H56F2N8O6. The van der Waals surface area contributed by atoms with E-state index in [0.717, 1.165) is 99.1 Å². The van der Waals surface area contributed by atoms with Crippen LogP contribution in [0.3, 0.4) is 0 Å². The van der Waals surface area contributed by atoms with Crippen molar-refractivity contribution in [3.05, 3.63) is 82.1 Å². The molecule has 16 heteroatoms. The topological polar surface area (TPSA) is 159 Å². The highest BCUT2D eigenvalue weighted by molar-refractivity contribution is 6.04. The number of rotatable bonds is 19. The van der Waals surface area contributed by atoms with Gasteiger partial charge in [0.1, 0.15) is 12.0 Å². The molecule has 0 saturated heterocycles. The van der Waals surface area contributed by atoms with Gasteiger partial charge in [-0.3, -0.25) is 33.2 Å². The van der Waals surface area contributed by atoms with E-state index in [4.69, 9.17) is 9.15 Å². The summed E-state index contributed by atoms with van der Waals surface area (Å²) in [5.41, 5.74) is 3.48. The van der Waals surface area contributed by atoms with E-state index >= 15 is 0 Å².